The molecule has 2 aliphatic rings. The van der Waals surface area contributed by atoms with E-state index in [4.69, 9.17) is 14.2 Å². The van der Waals surface area contributed by atoms with Gasteiger partial charge in [-0.15, -0.1) is 0 Å². The molecule has 1 heterocycles. The smallest absolute Gasteiger partial charge is 0.309 e. The molecule has 0 amide bonds. The number of hydrogen-bond acceptors (Lipinski definition) is 4. The fourth-order valence-electron chi connectivity index (χ4n) is 2.08. The molecule has 0 aromatic rings. The molecule has 2 rings (SSSR count). The third kappa shape index (κ3) is 2.76. The first kappa shape index (κ1) is 12.3. The van der Waals surface area contributed by atoms with Crippen LogP contribution in [-0.4, -0.2) is 42.8 Å². The lowest BCUT2D eigenvalue weighted by Gasteiger charge is -2.30. The van der Waals surface area contributed by atoms with Crippen LogP contribution >= 0.6 is 15.9 Å². The lowest BCUT2D eigenvalue weighted by molar-refractivity contribution is -0.156. The molecule has 0 aromatic carbocycles. The van der Waals surface area contributed by atoms with Crippen molar-refractivity contribution in [3.05, 3.63) is 0 Å². The number of alkyl halides is 1. The Morgan fingerprint density at radius 2 is 2.19 bits per heavy atom. The van der Waals surface area contributed by atoms with Crippen molar-refractivity contribution in [3.8, 4) is 0 Å². The van der Waals surface area contributed by atoms with Crippen molar-refractivity contribution >= 4 is 21.9 Å². The van der Waals surface area contributed by atoms with E-state index >= 15 is 0 Å². The lowest BCUT2D eigenvalue weighted by atomic mass is 10.1. The fourth-order valence-corrected chi connectivity index (χ4v) is 2.87. The van der Waals surface area contributed by atoms with E-state index in [1.165, 1.54) is 0 Å². The Bertz CT molecular complexity index is 254. The summed E-state index contributed by atoms with van der Waals surface area (Å²) in [6.45, 7) is 3.64. The summed E-state index contributed by atoms with van der Waals surface area (Å²) in [7, 11) is 0. The van der Waals surface area contributed by atoms with Crippen molar-refractivity contribution in [3.63, 3.8) is 0 Å². The summed E-state index contributed by atoms with van der Waals surface area (Å²) in [6.07, 6.45) is 1.89. The summed E-state index contributed by atoms with van der Waals surface area (Å²) in [5.41, 5.74) is 0. The molecule has 0 spiro atoms. The number of rotatable bonds is 4. The van der Waals surface area contributed by atoms with Crippen molar-refractivity contribution in [2.45, 2.75) is 36.8 Å². The van der Waals surface area contributed by atoms with Gasteiger partial charge in [-0.25, -0.2) is 0 Å². The van der Waals surface area contributed by atoms with E-state index in [9.17, 15) is 4.79 Å². The number of ether oxygens (including phenoxy) is 3. The van der Waals surface area contributed by atoms with Crippen LogP contribution in [0.25, 0.3) is 0 Å². The number of esters is 1. The number of hydrogen-bond donors (Lipinski definition) is 0. The van der Waals surface area contributed by atoms with E-state index in [2.05, 4.69) is 15.9 Å². The first-order chi connectivity index (χ1) is 7.70. The summed E-state index contributed by atoms with van der Waals surface area (Å²) in [4.78, 5) is 11.8. The predicted octanol–water partition coefficient (Wildman–Crippen LogP) is 1.51. The van der Waals surface area contributed by atoms with E-state index in [1.807, 2.05) is 6.92 Å². The van der Waals surface area contributed by atoms with E-state index in [0.717, 1.165) is 12.8 Å². The van der Waals surface area contributed by atoms with Gasteiger partial charge in [-0.1, -0.05) is 15.9 Å². The second kappa shape index (κ2) is 5.47. The third-order valence-electron chi connectivity index (χ3n) is 3.02. The Hall–Kier alpha value is -0.130. The minimum Gasteiger partial charge on any atom is -0.466 e. The Morgan fingerprint density at radius 3 is 2.75 bits per heavy atom. The van der Waals surface area contributed by atoms with Gasteiger partial charge < -0.3 is 14.2 Å². The van der Waals surface area contributed by atoms with Crippen LogP contribution in [0.3, 0.4) is 0 Å². The van der Waals surface area contributed by atoms with E-state index in [0.29, 0.717) is 19.8 Å². The lowest BCUT2D eigenvalue weighted by Crippen LogP contribution is -2.40. The number of halogens is 1. The molecule has 0 bridgehead atoms. The Balaban J connectivity index is 1.80. The van der Waals surface area contributed by atoms with Gasteiger partial charge in [0.05, 0.1) is 31.8 Å². The fraction of sp³-hybridized carbons (Fsp3) is 0.909. The van der Waals surface area contributed by atoms with Crippen LogP contribution in [0.5, 0.6) is 0 Å². The maximum Gasteiger partial charge on any atom is 0.309 e. The molecule has 2 fully saturated rings. The van der Waals surface area contributed by atoms with Gasteiger partial charge in [0.15, 0.2) is 0 Å². The van der Waals surface area contributed by atoms with Crippen LogP contribution in [0.15, 0.2) is 0 Å². The van der Waals surface area contributed by atoms with Crippen LogP contribution in [0.2, 0.25) is 0 Å². The van der Waals surface area contributed by atoms with Gasteiger partial charge in [-0.2, -0.15) is 0 Å². The normalized spacial score (nSPS) is 34.8. The van der Waals surface area contributed by atoms with Gasteiger partial charge in [-0.05, 0) is 19.8 Å². The first-order valence-electron chi connectivity index (χ1n) is 5.74. The third-order valence-corrected chi connectivity index (χ3v) is 3.99. The molecule has 4 nitrogen and oxygen atoms in total. The predicted molar refractivity (Wildman–Crippen MR) is 61.6 cm³/mol. The number of carbonyl (C=O) groups excluding carboxylic acids is 1. The second-order valence-electron chi connectivity index (χ2n) is 4.27. The van der Waals surface area contributed by atoms with Gasteiger partial charge in [0.25, 0.3) is 0 Å². The van der Waals surface area contributed by atoms with Gasteiger partial charge >= 0.3 is 5.97 Å². The molecule has 0 radical (unpaired) electrons. The summed E-state index contributed by atoms with van der Waals surface area (Å²) in [5.74, 6) is -0.113. The van der Waals surface area contributed by atoms with Crippen LogP contribution in [0.4, 0.5) is 0 Å². The van der Waals surface area contributed by atoms with Gasteiger partial charge in [0.1, 0.15) is 6.10 Å². The topological polar surface area (TPSA) is 44.8 Å². The highest BCUT2D eigenvalue weighted by Gasteiger charge is 2.40. The van der Waals surface area contributed by atoms with Gasteiger partial charge in [-0.3, -0.25) is 4.79 Å². The molecule has 1 saturated carbocycles. The van der Waals surface area contributed by atoms with Gasteiger partial charge in [0.2, 0.25) is 0 Å². The zero-order valence-corrected chi connectivity index (χ0v) is 10.9. The SMILES string of the molecule is CCOC(=O)C1CC(Br)C(OC2COC2)C1. The van der Waals surface area contributed by atoms with E-state index < -0.39 is 0 Å². The molecule has 1 aliphatic heterocycles. The minimum absolute atomic E-state index is 0.0182. The molecular formula is C11H17BrO4. The van der Waals surface area contributed by atoms with Crippen LogP contribution in [-0.2, 0) is 19.0 Å². The minimum atomic E-state index is -0.0945. The molecule has 3 atom stereocenters. The Morgan fingerprint density at radius 1 is 1.44 bits per heavy atom. The van der Waals surface area contributed by atoms with Crippen LogP contribution in [0.1, 0.15) is 19.8 Å². The van der Waals surface area contributed by atoms with Crippen LogP contribution < -0.4 is 0 Å². The number of carbonyl (C=O) groups is 1. The van der Waals surface area contributed by atoms with Crippen molar-refractivity contribution in [1.82, 2.24) is 0 Å². The summed E-state index contributed by atoms with van der Waals surface area (Å²) in [6, 6.07) is 0. The zero-order valence-electron chi connectivity index (χ0n) is 9.36. The maximum atomic E-state index is 11.6. The largest absolute Gasteiger partial charge is 0.466 e. The first-order valence-corrected chi connectivity index (χ1v) is 6.66. The molecule has 1 saturated heterocycles. The monoisotopic (exact) mass is 292 g/mol. The molecular weight excluding hydrogens is 276 g/mol. The van der Waals surface area contributed by atoms with Crippen molar-refractivity contribution in [2.24, 2.45) is 5.92 Å². The molecule has 92 valence electrons. The van der Waals surface area contributed by atoms with E-state index in [1.54, 1.807) is 0 Å². The quantitative estimate of drug-likeness (QED) is 0.582. The average molecular weight is 293 g/mol. The zero-order chi connectivity index (χ0) is 11.5. The molecule has 3 unspecified atom stereocenters. The maximum absolute atomic E-state index is 11.6. The highest BCUT2D eigenvalue weighted by atomic mass is 79.9. The molecule has 0 aromatic heterocycles. The van der Waals surface area contributed by atoms with Crippen LogP contribution in [0, 0.1) is 5.92 Å². The standard InChI is InChI=1S/C11H17BrO4/c1-2-15-11(13)7-3-9(12)10(4-7)16-8-5-14-6-8/h7-10H,2-6H2,1H3. The summed E-state index contributed by atoms with van der Waals surface area (Å²) < 4.78 is 15.9. The van der Waals surface area contributed by atoms with Crippen molar-refractivity contribution in [1.29, 1.82) is 0 Å². The molecule has 16 heavy (non-hydrogen) atoms. The second-order valence-corrected chi connectivity index (χ2v) is 5.45. The highest BCUT2D eigenvalue weighted by Crippen LogP contribution is 2.35. The van der Waals surface area contributed by atoms with Crippen molar-refractivity contribution in [2.75, 3.05) is 19.8 Å². The molecule has 5 heteroatoms. The molecule has 1 aliphatic carbocycles. The highest BCUT2D eigenvalue weighted by molar-refractivity contribution is 9.09. The van der Waals surface area contributed by atoms with E-state index in [-0.39, 0.29) is 28.9 Å². The molecule has 0 N–H and O–H groups in total. The van der Waals surface area contributed by atoms with Crippen molar-refractivity contribution < 1.29 is 19.0 Å². The Labute approximate surface area is 104 Å². The van der Waals surface area contributed by atoms with Gasteiger partial charge in [0, 0.05) is 4.83 Å². The average Bonchev–Trinajstić information content (AvgIpc) is 2.54. The summed E-state index contributed by atoms with van der Waals surface area (Å²) in [5, 5.41) is 0. The Kier molecular flexibility index (Phi) is 4.21. The summed E-state index contributed by atoms with van der Waals surface area (Å²) >= 11 is 3.57.